The van der Waals surface area contributed by atoms with Gasteiger partial charge in [0.25, 0.3) is 0 Å². The van der Waals surface area contributed by atoms with Crippen LogP contribution in [0, 0.1) is 32.6 Å². The number of hydrogen-bond acceptors (Lipinski definition) is 7. The van der Waals surface area contributed by atoms with Gasteiger partial charge < -0.3 is 29.0 Å². The van der Waals surface area contributed by atoms with E-state index in [2.05, 4.69) is 32.9 Å². The molecule has 0 amide bonds. The summed E-state index contributed by atoms with van der Waals surface area (Å²) in [5.74, 6) is -2.03. The minimum absolute atomic E-state index is 0.0429. The van der Waals surface area contributed by atoms with Crippen LogP contribution in [-0.2, 0) is 19.9 Å². The number of carbonyl (C=O) groups is 2. The van der Waals surface area contributed by atoms with Crippen LogP contribution in [0.15, 0.2) is 29.6 Å². The van der Waals surface area contributed by atoms with Crippen LogP contribution in [-0.4, -0.2) is 66.6 Å². The molecule has 4 fully saturated rings. The average molecular weight is 626 g/mol. The van der Waals surface area contributed by atoms with Gasteiger partial charge in [0.15, 0.2) is 11.7 Å². The highest BCUT2D eigenvalue weighted by molar-refractivity contribution is 7.10. The zero-order chi connectivity index (χ0) is 31.4. The Bertz CT molecular complexity index is 1230. The minimum Gasteiger partial charge on any atom is -0.542 e. The highest BCUT2D eigenvalue weighted by Crippen LogP contribution is 2.44. The second-order valence-electron chi connectivity index (χ2n) is 12.4. The fourth-order valence-corrected chi connectivity index (χ4v) is 8.06. The first-order chi connectivity index (χ1) is 20.2. The predicted octanol–water partition coefficient (Wildman–Crippen LogP) is 4.97. The molecular weight excluding hydrogens is 583 g/mol. The van der Waals surface area contributed by atoms with E-state index in [1.807, 2.05) is 17.5 Å². The first kappa shape index (κ1) is 33.3. The van der Waals surface area contributed by atoms with Crippen LogP contribution in [0.3, 0.4) is 0 Å². The molecule has 3 saturated heterocycles. The zero-order valence-corrected chi connectivity index (χ0v) is 25.9. The number of carbonyl (C=O) groups excluding carboxylic acids is 2. The van der Waals surface area contributed by atoms with Crippen molar-refractivity contribution in [3.8, 4) is 5.75 Å². The van der Waals surface area contributed by atoms with E-state index in [-0.39, 0.29) is 12.0 Å². The summed E-state index contributed by atoms with van der Waals surface area (Å²) in [6.45, 7) is 11.3. The van der Waals surface area contributed by atoms with Crippen LogP contribution in [0.25, 0.3) is 0 Å². The Labute approximate surface area is 255 Å². The molecule has 4 heterocycles. The molecule has 6 rings (SSSR count). The van der Waals surface area contributed by atoms with E-state index in [0.717, 1.165) is 86.2 Å². The van der Waals surface area contributed by atoms with E-state index < -0.39 is 23.7 Å². The van der Waals surface area contributed by atoms with Gasteiger partial charge >= 0.3 is 12.1 Å². The van der Waals surface area contributed by atoms with Crippen molar-refractivity contribution in [2.45, 2.75) is 83.6 Å². The van der Waals surface area contributed by atoms with Gasteiger partial charge in [-0.1, -0.05) is 36.6 Å². The summed E-state index contributed by atoms with van der Waals surface area (Å²) in [6, 6.07) is 8.18. The van der Waals surface area contributed by atoms with Gasteiger partial charge in [0.1, 0.15) is 18.3 Å². The standard InChI is InChI=1S/C30H42NO4S.C2HF3O2/c1-21-18-22(2)28(23(3)19-21)34-16-7-13-31-14-11-24(12-15-31)26(20-31)35-29(32)30(33,25-8-4-5-9-25)27-10-6-17-36-27;3-2(4,5)1(6)7/h6,10,17-19,24-26,33H,4-5,7-9,11-16,20H2,1-3H3;(H,6,7)/q+1;/p-1/t24?,26-,30+,31?;/m0./s1. The van der Waals surface area contributed by atoms with Gasteiger partial charge in [-0.3, -0.25) is 0 Å². The number of fused-ring (bicyclic) bond motifs is 3. The highest BCUT2D eigenvalue weighted by Gasteiger charge is 2.53. The molecule has 1 aromatic heterocycles. The number of carboxylic acid groups (broad SMARTS) is 1. The number of halogens is 3. The number of ether oxygens (including phenoxy) is 2. The third kappa shape index (κ3) is 7.72. The molecule has 1 saturated carbocycles. The minimum atomic E-state index is -5.19. The van der Waals surface area contributed by atoms with Gasteiger partial charge in [-0.25, -0.2) is 4.79 Å². The lowest BCUT2D eigenvalue weighted by Gasteiger charge is -2.52. The predicted molar refractivity (Wildman–Crippen MR) is 154 cm³/mol. The molecule has 11 heteroatoms. The monoisotopic (exact) mass is 625 g/mol. The number of aliphatic hydroxyl groups is 1. The average Bonchev–Trinajstić information content (AvgIpc) is 3.68. The summed E-state index contributed by atoms with van der Waals surface area (Å²) in [7, 11) is 0. The number of quaternary nitrogens is 1. The molecule has 2 bridgehead atoms. The molecule has 2 atom stereocenters. The Morgan fingerprint density at radius 1 is 1.07 bits per heavy atom. The molecule has 0 spiro atoms. The molecule has 43 heavy (non-hydrogen) atoms. The number of benzene rings is 1. The lowest BCUT2D eigenvalue weighted by atomic mass is 9.82. The van der Waals surface area contributed by atoms with Crippen molar-refractivity contribution >= 4 is 23.3 Å². The van der Waals surface area contributed by atoms with Gasteiger partial charge in [-0.05, 0) is 56.2 Å². The lowest BCUT2D eigenvalue weighted by Crippen LogP contribution is -2.65. The molecule has 0 radical (unpaired) electrons. The fraction of sp³-hybridized carbons (Fsp3) is 0.625. The highest BCUT2D eigenvalue weighted by atomic mass is 32.1. The largest absolute Gasteiger partial charge is 0.542 e. The topological polar surface area (TPSA) is 95.9 Å². The first-order valence-corrected chi connectivity index (χ1v) is 15.9. The molecule has 238 valence electrons. The molecule has 1 aromatic carbocycles. The number of hydrogen-bond donors (Lipinski definition) is 1. The fourth-order valence-electron chi connectivity index (χ4n) is 7.17. The third-order valence-corrected chi connectivity index (χ3v) is 10.3. The molecule has 1 N–H and O–H groups in total. The number of aliphatic carboxylic acids is 1. The smallest absolute Gasteiger partial charge is 0.430 e. The maximum Gasteiger partial charge on any atom is 0.430 e. The van der Waals surface area contributed by atoms with Gasteiger partial charge in [0.05, 0.1) is 26.2 Å². The van der Waals surface area contributed by atoms with Crippen molar-refractivity contribution in [2.24, 2.45) is 11.8 Å². The van der Waals surface area contributed by atoms with Crippen LogP contribution < -0.4 is 9.84 Å². The van der Waals surface area contributed by atoms with Crippen molar-refractivity contribution in [1.29, 1.82) is 0 Å². The van der Waals surface area contributed by atoms with E-state index >= 15 is 0 Å². The Balaban J connectivity index is 0.000000541. The molecular formula is C32H42F3NO6S. The summed E-state index contributed by atoms with van der Waals surface area (Å²) < 4.78 is 45.0. The second-order valence-corrected chi connectivity index (χ2v) is 13.4. The molecule has 4 aliphatic rings. The normalized spacial score (nSPS) is 25.0. The van der Waals surface area contributed by atoms with E-state index in [1.54, 1.807) is 0 Å². The first-order valence-electron chi connectivity index (χ1n) is 15.1. The number of nitrogens with zero attached hydrogens (tertiary/aromatic N) is 1. The SMILES string of the molecule is Cc1cc(C)c(OCCC[N+]23CCC(CC2)[C@@H](OC(=O)[C@](O)(c2cccs2)C2CCCC2)C3)c(C)c1.O=C([O-])C(F)(F)F. The van der Waals surface area contributed by atoms with Crippen LogP contribution in [0.5, 0.6) is 5.75 Å². The maximum atomic E-state index is 13.6. The van der Waals surface area contributed by atoms with Crippen LogP contribution in [0.2, 0.25) is 0 Å². The number of rotatable bonds is 9. The summed E-state index contributed by atoms with van der Waals surface area (Å²) in [6.07, 6.45) is 1.79. The van der Waals surface area contributed by atoms with Gasteiger partial charge in [0, 0.05) is 36.0 Å². The Kier molecular flexibility index (Phi) is 10.5. The zero-order valence-electron chi connectivity index (χ0n) is 25.1. The third-order valence-electron chi connectivity index (χ3n) is 9.31. The number of carboxylic acids is 1. The second kappa shape index (κ2) is 13.6. The van der Waals surface area contributed by atoms with Gasteiger partial charge in [-0.2, -0.15) is 13.2 Å². The molecule has 7 nitrogen and oxygen atoms in total. The van der Waals surface area contributed by atoms with Gasteiger partial charge in [-0.15, -0.1) is 11.3 Å². The van der Waals surface area contributed by atoms with E-state index in [0.29, 0.717) is 12.5 Å². The van der Waals surface area contributed by atoms with Crippen LogP contribution in [0.4, 0.5) is 13.2 Å². The summed E-state index contributed by atoms with van der Waals surface area (Å²) in [5.41, 5.74) is 2.17. The van der Waals surface area contributed by atoms with E-state index in [4.69, 9.17) is 19.4 Å². The van der Waals surface area contributed by atoms with E-state index in [1.165, 1.54) is 28.0 Å². The van der Waals surface area contributed by atoms with Crippen molar-refractivity contribution in [2.75, 3.05) is 32.8 Å². The summed E-state index contributed by atoms with van der Waals surface area (Å²) in [4.78, 5) is 23.1. The van der Waals surface area contributed by atoms with Crippen molar-refractivity contribution in [1.82, 2.24) is 0 Å². The maximum absolute atomic E-state index is 13.6. The van der Waals surface area contributed by atoms with Crippen LogP contribution >= 0.6 is 11.3 Å². The summed E-state index contributed by atoms with van der Waals surface area (Å²) >= 11 is 1.47. The number of esters is 1. The Morgan fingerprint density at radius 3 is 2.21 bits per heavy atom. The van der Waals surface area contributed by atoms with Crippen LogP contribution in [0.1, 0.15) is 66.5 Å². The van der Waals surface area contributed by atoms with E-state index in [9.17, 15) is 23.1 Å². The Morgan fingerprint density at radius 2 is 1.67 bits per heavy atom. The number of alkyl halides is 3. The number of aryl methyl sites for hydroxylation is 3. The van der Waals surface area contributed by atoms with Gasteiger partial charge in [0.2, 0.25) is 0 Å². The summed E-state index contributed by atoms with van der Waals surface area (Å²) in [5, 5.41) is 22.5. The number of piperidine rings is 3. The van der Waals surface area contributed by atoms with Crippen molar-refractivity contribution in [3.63, 3.8) is 0 Å². The molecule has 1 aliphatic carbocycles. The molecule has 3 aliphatic heterocycles. The molecule has 2 aromatic rings. The quantitative estimate of drug-likeness (QED) is 0.240. The van der Waals surface area contributed by atoms with Crippen molar-refractivity contribution < 1.29 is 46.9 Å². The van der Waals surface area contributed by atoms with Crippen molar-refractivity contribution in [3.05, 3.63) is 51.2 Å². The Hall–Kier alpha value is -2.63. The lowest BCUT2D eigenvalue weighted by molar-refractivity contribution is -0.946. The number of thiophene rings is 1. The molecule has 0 unspecified atom stereocenters.